The second-order valence-electron chi connectivity index (χ2n) is 6.33. The van der Waals surface area contributed by atoms with Crippen LogP contribution in [0.4, 0.5) is 11.8 Å². The summed E-state index contributed by atoms with van der Waals surface area (Å²) in [6, 6.07) is 2.24. The lowest BCUT2D eigenvalue weighted by atomic mass is 9.99. The summed E-state index contributed by atoms with van der Waals surface area (Å²) in [5.41, 5.74) is 0.0963. The normalized spacial score (nSPS) is 15.4. The number of thiophene rings is 1. The van der Waals surface area contributed by atoms with Gasteiger partial charge in [-0.05, 0) is 52.0 Å². The Hall–Kier alpha value is -1.36. The van der Waals surface area contributed by atoms with Crippen LogP contribution >= 0.6 is 11.3 Å². The van der Waals surface area contributed by atoms with E-state index in [1.807, 2.05) is 0 Å². The van der Waals surface area contributed by atoms with E-state index in [0.29, 0.717) is 0 Å². The molecule has 1 aliphatic carbocycles. The number of nitrogens with zero attached hydrogens (tertiary/aromatic N) is 2. The van der Waals surface area contributed by atoms with Gasteiger partial charge in [-0.25, -0.2) is 4.98 Å². The molecule has 2 heterocycles. The molecule has 0 aromatic carbocycles. The Morgan fingerprint density at radius 3 is 2.67 bits per heavy atom. The molecule has 1 saturated carbocycles. The van der Waals surface area contributed by atoms with Gasteiger partial charge in [-0.1, -0.05) is 6.92 Å². The van der Waals surface area contributed by atoms with Crippen molar-refractivity contribution in [2.24, 2.45) is 5.92 Å². The SMILES string of the molecule is CCNc1nc(NC(C)(C)C2CC2)c2cc(CC)sc2n1. The molecule has 0 spiro atoms. The summed E-state index contributed by atoms with van der Waals surface area (Å²) in [7, 11) is 0. The van der Waals surface area contributed by atoms with E-state index in [1.54, 1.807) is 11.3 Å². The lowest BCUT2D eigenvalue weighted by Gasteiger charge is -2.27. The highest BCUT2D eigenvalue weighted by molar-refractivity contribution is 7.18. The van der Waals surface area contributed by atoms with Crippen molar-refractivity contribution in [1.82, 2.24) is 9.97 Å². The van der Waals surface area contributed by atoms with Gasteiger partial charge in [0.2, 0.25) is 5.95 Å². The van der Waals surface area contributed by atoms with Crippen LogP contribution in [0.25, 0.3) is 10.2 Å². The number of aryl methyl sites for hydroxylation is 1. The maximum atomic E-state index is 4.71. The smallest absolute Gasteiger partial charge is 0.226 e. The first kappa shape index (κ1) is 14.6. The van der Waals surface area contributed by atoms with E-state index in [-0.39, 0.29) is 5.54 Å². The van der Waals surface area contributed by atoms with Crippen LogP contribution in [-0.4, -0.2) is 22.1 Å². The molecule has 0 unspecified atom stereocenters. The van der Waals surface area contributed by atoms with Gasteiger partial charge in [-0.3, -0.25) is 0 Å². The average molecular weight is 304 g/mol. The first-order chi connectivity index (χ1) is 10.0. The van der Waals surface area contributed by atoms with E-state index >= 15 is 0 Å². The minimum atomic E-state index is 0.0963. The molecule has 1 aliphatic rings. The highest BCUT2D eigenvalue weighted by Gasteiger charge is 2.38. The fraction of sp³-hybridized carbons (Fsp3) is 0.625. The summed E-state index contributed by atoms with van der Waals surface area (Å²) in [5.74, 6) is 2.46. The third kappa shape index (κ3) is 2.98. The number of rotatable bonds is 6. The Kier molecular flexibility index (Phi) is 3.78. The Bertz CT molecular complexity index is 643. The zero-order valence-corrected chi connectivity index (χ0v) is 14.1. The van der Waals surface area contributed by atoms with Crippen molar-refractivity contribution in [3.05, 3.63) is 10.9 Å². The quantitative estimate of drug-likeness (QED) is 0.836. The molecular formula is C16H24N4S. The minimum absolute atomic E-state index is 0.0963. The number of aromatic nitrogens is 2. The van der Waals surface area contributed by atoms with Crippen LogP contribution in [0.5, 0.6) is 0 Å². The van der Waals surface area contributed by atoms with Crippen LogP contribution in [0.1, 0.15) is 45.4 Å². The fourth-order valence-electron chi connectivity index (χ4n) is 2.69. The molecule has 0 amide bonds. The first-order valence-corrected chi connectivity index (χ1v) is 8.67. The Morgan fingerprint density at radius 2 is 2.05 bits per heavy atom. The van der Waals surface area contributed by atoms with Gasteiger partial charge in [-0.15, -0.1) is 11.3 Å². The predicted octanol–water partition coefficient (Wildman–Crippen LogP) is 4.29. The maximum Gasteiger partial charge on any atom is 0.226 e. The number of hydrogen-bond donors (Lipinski definition) is 2. The molecule has 0 saturated heterocycles. The molecule has 0 atom stereocenters. The summed E-state index contributed by atoms with van der Waals surface area (Å²) in [4.78, 5) is 11.8. The molecule has 0 aliphatic heterocycles. The van der Waals surface area contributed by atoms with E-state index in [4.69, 9.17) is 4.98 Å². The molecular weight excluding hydrogens is 280 g/mol. The van der Waals surface area contributed by atoms with Gasteiger partial charge < -0.3 is 10.6 Å². The summed E-state index contributed by atoms with van der Waals surface area (Å²) in [6.07, 6.45) is 3.68. The molecule has 2 N–H and O–H groups in total. The van der Waals surface area contributed by atoms with Crippen LogP contribution in [-0.2, 0) is 6.42 Å². The number of hydrogen-bond acceptors (Lipinski definition) is 5. The Morgan fingerprint density at radius 1 is 1.29 bits per heavy atom. The van der Waals surface area contributed by atoms with E-state index in [2.05, 4.69) is 49.4 Å². The van der Waals surface area contributed by atoms with Crippen LogP contribution in [0, 0.1) is 5.92 Å². The maximum absolute atomic E-state index is 4.71. The molecule has 2 aromatic heterocycles. The second-order valence-corrected chi connectivity index (χ2v) is 7.45. The van der Waals surface area contributed by atoms with E-state index in [1.165, 1.54) is 17.7 Å². The van der Waals surface area contributed by atoms with Crippen LogP contribution in [0.2, 0.25) is 0 Å². The van der Waals surface area contributed by atoms with Crippen LogP contribution in [0.15, 0.2) is 6.07 Å². The summed E-state index contributed by atoms with van der Waals surface area (Å²) >= 11 is 1.77. The number of nitrogens with one attached hydrogen (secondary N) is 2. The third-order valence-corrected chi connectivity index (χ3v) is 5.34. The van der Waals surface area contributed by atoms with Crippen molar-refractivity contribution in [3.8, 4) is 0 Å². The molecule has 4 nitrogen and oxygen atoms in total. The van der Waals surface area contributed by atoms with Crippen molar-refractivity contribution in [3.63, 3.8) is 0 Å². The summed E-state index contributed by atoms with van der Waals surface area (Å²) in [5, 5.41) is 8.08. The minimum Gasteiger partial charge on any atom is -0.364 e. The Balaban J connectivity index is 2.02. The van der Waals surface area contributed by atoms with E-state index in [9.17, 15) is 0 Å². The largest absolute Gasteiger partial charge is 0.364 e. The first-order valence-electron chi connectivity index (χ1n) is 7.86. The highest BCUT2D eigenvalue weighted by Crippen LogP contribution is 2.42. The number of anilines is 2. The summed E-state index contributed by atoms with van der Waals surface area (Å²) < 4.78 is 0. The molecule has 0 radical (unpaired) electrons. The van der Waals surface area contributed by atoms with Crippen molar-refractivity contribution in [2.75, 3.05) is 17.2 Å². The van der Waals surface area contributed by atoms with Gasteiger partial charge in [0, 0.05) is 17.0 Å². The molecule has 3 rings (SSSR count). The summed E-state index contributed by atoms with van der Waals surface area (Å²) in [6.45, 7) is 9.64. The third-order valence-electron chi connectivity index (χ3n) is 4.17. The Labute approximate surface area is 130 Å². The van der Waals surface area contributed by atoms with Gasteiger partial charge in [0.15, 0.2) is 0 Å². The molecule has 5 heteroatoms. The lowest BCUT2D eigenvalue weighted by Crippen LogP contribution is -2.33. The van der Waals surface area contributed by atoms with E-state index in [0.717, 1.165) is 40.9 Å². The van der Waals surface area contributed by atoms with Gasteiger partial charge >= 0.3 is 0 Å². The van der Waals surface area contributed by atoms with Crippen molar-refractivity contribution < 1.29 is 0 Å². The monoisotopic (exact) mass is 304 g/mol. The second kappa shape index (κ2) is 5.44. The van der Waals surface area contributed by atoms with Gasteiger partial charge in [-0.2, -0.15) is 4.98 Å². The highest BCUT2D eigenvalue weighted by atomic mass is 32.1. The number of fused-ring (bicyclic) bond motifs is 1. The van der Waals surface area contributed by atoms with Gasteiger partial charge in [0.05, 0.1) is 5.39 Å². The van der Waals surface area contributed by atoms with Gasteiger partial charge in [0.1, 0.15) is 10.6 Å². The topological polar surface area (TPSA) is 49.8 Å². The molecule has 1 fully saturated rings. The predicted molar refractivity (Wildman–Crippen MR) is 91.4 cm³/mol. The van der Waals surface area contributed by atoms with Crippen molar-refractivity contribution in [2.45, 2.75) is 52.5 Å². The van der Waals surface area contributed by atoms with Crippen LogP contribution in [0.3, 0.4) is 0 Å². The molecule has 0 bridgehead atoms. The standard InChI is InChI=1S/C16H24N4S/c1-5-11-9-12-13(20-16(3,4)10-7-8-10)18-15(17-6-2)19-14(12)21-11/h9-10H,5-8H2,1-4H3,(H2,17,18,19,20). The zero-order valence-electron chi connectivity index (χ0n) is 13.3. The van der Waals surface area contributed by atoms with E-state index < -0.39 is 0 Å². The van der Waals surface area contributed by atoms with Crippen molar-refractivity contribution >= 4 is 33.3 Å². The molecule has 114 valence electrons. The fourth-order valence-corrected chi connectivity index (χ4v) is 3.66. The van der Waals surface area contributed by atoms with Crippen molar-refractivity contribution in [1.29, 1.82) is 0 Å². The lowest BCUT2D eigenvalue weighted by molar-refractivity contribution is 0.493. The van der Waals surface area contributed by atoms with Crippen LogP contribution < -0.4 is 10.6 Å². The molecule has 2 aromatic rings. The van der Waals surface area contributed by atoms with Gasteiger partial charge in [0.25, 0.3) is 0 Å². The zero-order chi connectivity index (χ0) is 15.0. The average Bonchev–Trinajstić information content (AvgIpc) is 3.20. The molecule has 21 heavy (non-hydrogen) atoms.